The van der Waals surface area contributed by atoms with Crippen LogP contribution in [0.5, 0.6) is 5.75 Å². The van der Waals surface area contributed by atoms with Crippen molar-refractivity contribution in [1.82, 2.24) is 4.90 Å². The molecule has 168 valence electrons. The number of amides is 1. The quantitative estimate of drug-likeness (QED) is 0.578. The van der Waals surface area contributed by atoms with Crippen LogP contribution in [0.1, 0.15) is 29.2 Å². The number of ether oxygens (including phenoxy) is 1. The van der Waals surface area contributed by atoms with Gasteiger partial charge in [-0.05, 0) is 75.1 Å². The van der Waals surface area contributed by atoms with Crippen molar-refractivity contribution >= 4 is 22.6 Å². The number of carbonyl (C=O) groups excluding carboxylic acids is 1. The van der Waals surface area contributed by atoms with E-state index >= 15 is 0 Å². The summed E-state index contributed by atoms with van der Waals surface area (Å²) in [6.07, 6.45) is -0.640. The first-order valence-corrected chi connectivity index (χ1v) is 11.1. The molecule has 0 aliphatic carbocycles. The molecule has 4 rings (SSSR count). The van der Waals surface area contributed by atoms with Crippen molar-refractivity contribution < 1.29 is 13.9 Å². The number of carbonyl (C=O) groups is 1. The van der Waals surface area contributed by atoms with Gasteiger partial charge in [0.2, 0.25) is 0 Å². The molecular formula is C26H30N2O4. The zero-order valence-corrected chi connectivity index (χ0v) is 19.4. The van der Waals surface area contributed by atoms with E-state index in [1.807, 2.05) is 30.9 Å². The molecule has 0 unspecified atom stereocenters. The van der Waals surface area contributed by atoms with Crippen LogP contribution in [0.25, 0.3) is 11.0 Å². The molecular weight excluding hydrogens is 404 g/mol. The Morgan fingerprint density at radius 2 is 1.72 bits per heavy atom. The van der Waals surface area contributed by atoms with Crippen LogP contribution in [0, 0.1) is 27.7 Å². The van der Waals surface area contributed by atoms with Crippen molar-refractivity contribution in [3.8, 4) is 5.75 Å². The molecule has 0 N–H and O–H groups in total. The molecule has 2 aromatic carbocycles. The summed E-state index contributed by atoms with van der Waals surface area (Å²) in [7, 11) is 0. The second-order valence-electron chi connectivity index (χ2n) is 8.68. The second kappa shape index (κ2) is 8.69. The Morgan fingerprint density at radius 1 is 1.00 bits per heavy atom. The zero-order chi connectivity index (χ0) is 23.0. The van der Waals surface area contributed by atoms with Gasteiger partial charge in [-0.2, -0.15) is 0 Å². The van der Waals surface area contributed by atoms with E-state index in [9.17, 15) is 9.59 Å². The molecule has 1 atom stereocenters. The molecule has 1 aliphatic rings. The lowest BCUT2D eigenvalue weighted by Gasteiger charge is -2.38. The highest BCUT2D eigenvalue weighted by Gasteiger charge is 2.27. The minimum Gasteiger partial charge on any atom is -0.480 e. The van der Waals surface area contributed by atoms with Gasteiger partial charge >= 0.3 is 5.63 Å². The molecule has 3 aromatic rings. The number of nitrogens with zero attached hydrogens (tertiary/aromatic N) is 2. The normalized spacial score (nSPS) is 15.2. The Labute approximate surface area is 188 Å². The molecule has 0 spiro atoms. The maximum atomic E-state index is 13.1. The molecule has 1 fully saturated rings. The lowest BCUT2D eigenvalue weighted by molar-refractivity contribution is -0.138. The van der Waals surface area contributed by atoms with E-state index < -0.39 is 11.7 Å². The Bertz CT molecular complexity index is 1220. The first-order valence-electron chi connectivity index (χ1n) is 11.1. The van der Waals surface area contributed by atoms with Crippen LogP contribution in [0.4, 0.5) is 5.69 Å². The Morgan fingerprint density at radius 3 is 2.44 bits per heavy atom. The summed E-state index contributed by atoms with van der Waals surface area (Å²) in [5.74, 6) is 0.534. The van der Waals surface area contributed by atoms with Crippen molar-refractivity contribution in [3.05, 3.63) is 69.1 Å². The van der Waals surface area contributed by atoms with E-state index in [4.69, 9.17) is 9.15 Å². The molecule has 0 bridgehead atoms. The predicted molar refractivity (Wildman–Crippen MR) is 127 cm³/mol. The van der Waals surface area contributed by atoms with E-state index in [1.54, 1.807) is 6.92 Å². The third-order valence-electron chi connectivity index (χ3n) is 6.31. The first kappa shape index (κ1) is 21.9. The van der Waals surface area contributed by atoms with Crippen LogP contribution in [0.15, 0.2) is 45.6 Å². The lowest BCUT2D eigenvalue weighted by atomic mass is 10.1. The largest absolute Gasteiger partial charge is 0.480 e. The highest BCUT2D eigenvalue weighted by molar-refractivity contribution is 5.88. The van der Waals surface area contributed by atoms with Crippen molar-refractivity contribution in [2.45, 2.75) is 40.7 Å². The minimum absolute atomic E-state index is 0.0321. The van der Waals surface area contributed by atoms with Crippen molar-refractivity contribution in [3.63, 3.8) is 0 Å². The number of aryl methyl sites for hydroxylation is 3. The van der Waals surface area contributed by atoms with Crippen LogP contribution in [-0.2, 0) is 4.79 Å². The van der Waals surface area contributed by atoms with Gasteiger partial charge in [-0.3, -0.25) is 4.79 Å². The van der Waals surface area contributed by atoms with Gasteiger partial charge in [0.1, 0.15) is 11.3 Å². The van der Waals surface area contributed by atoms with Crippen LogP contribution in [0.3, 0.4) is 0 Å². The number of anilines is 1. The SMILES string of the molecule is Cc1cc(O[C@H](C)C(=O)N2CCN(c3cccc(C)c3C)CC2)c2c(C)cc(=O)oc2c1. The minimum atomic E-state index is -0.640. The summed E-state index contributed by atoms with van der Waals surface area (Å²) in [4.78, 5) is 29.1. The maximum Gasteiger partial charge on any atom is 0.336 e. The smallest absolute Gasteiger partial charge is 0.336 e. The standard InChI is InChI=1S/C26H30N2O4/c1-16-13-22(25-18(3)15-24(29)32-23(25)14-16)31-20(5)26(30)28-11-9-27(10-12-28)21-8-6-7-17(2)19(21)4/h6-8,13-15,20H,9-12H2,1-5H3/t20-/m1/s1. The van der Waals surface area contributed by atoms with Crippen molar-refractivity contribution in [1.29, 1.82) is 0 Å². The molecule has 1 aromatic heterocycles. The van der Waals surface area contributed by atoms with Crippen LogP contribution in [-0.4, -0.2) is 43.1 Å². The molecule has 1 aliphatic heterocycles. The van der Waals surface area contributed by atoms with E-state index in [2.05, 4.69) is 36.9 Å². The van der Waals surface area contributed by atoms with Gasteiger partial charge in [0.15, 0.2) is 6.10 Å². The predicted octanol–water partition coefficient (Wildman–Crippen LogP) is 4.14. The van der Waals surface area contributed by atoms with Gasteiger partial charge in [-0.15, -0.1) is 0 Å². The molecule has 6 nitrogen and oxygen atoms in total. The van der Waals surface area contributed by atoms with Gasteiger partial charge in [0.05, 0.1) is 5.39 Å². The number of fused-ring (bicyclic) bond motifs is 1. The van der Waals surface area contributed by atoms with Gasteiger partial charge in [0, 0.05) is 37.9 Å². The molecule has 1 amide bonds. The molecule has 2 heterocycles. The van der Waals surface area contributed by atoms with E-state index in [1.165, 1.54) is 22.9 Å². The summed E-state index contributed by atoms with van der Waals surface area (Å²) in [5, 5.41) is 0.731. The molecule has 32 heavy (non-hydrogen) atoms. The van der Waals surface area contributed by atoms with Crippen molar-refractivity contribution in [2.24, 2.45) is 0 Å². The second-order valence-corrected chi connectivity index (χ2v) is 8.68. The number of piperazine rings is 1. The summed E-state index contributed by atoms with van der Waals surface area (Å²) < 4.78 is 11.5. The number of benzene rings is 2. The Balaban J connectivity index is 1.47. The fraction of sp³-hybridized carbons (Fsp3) is 0.385. The lowest BCUT2D eigenvalue weighted by Crippen LogP contribution is -2.52. The highest BCUT2D eigenvalue weighted by Crippen LogP contribution is 2.30. The fourth-order valence-electron chi connectivity index (χ4n) is 4.41. The third-order valence-corrected chi connectivity index (χ3v) is 6.31. The highest BCUT2D eigenvalue weighted by atomic mass is 16.5. The number of hydrogen-bond donors (Lipinski definition) is 0. The molecule has 0 saturated carbocycles. The van der Waals surface area contributed by atoms with E-state index in [0.29, 0.717) is 24.4 Å². The summed E-state index contributed by atoms with van der Waals surface area (Å²) in [5.41, 5.74) is 5.57. The van der Waals surface area contributed by atoms with Gasteiger partial charge < -0.3 is 19.0 Å². The number of hydrogen-bond acceptors (Lipinski definition) is 5. The average molecular weight is 435 g/mol. The number of rotatable bonds is 4. The first-order chi connectivity index (χ1) is 15.2. The van der Waals surface area contributed by atoms with Crippen LogP contribution < -0.4 is 15.3 Å². The molecule has 1 saturated heterocycles. The zero-order valence-electron chi connectivity index (χ0n) is 19.4. The van der Waals surface area contributed by atoms with Gasteiger partial charge in [-0.25, -0.2) is 4.79 Å². The van der Waals surface area contributed by atoms with Gasteiger partial charge in [-0.1, -0.05) is 12.1 Å². The molecule has 0 radical (unpaired) electrons. The summed E-state index contributed by atoms with van der Waals surface area (Å²) in [6.45, 7) is 12.7. The monoisotopic (exact) mass is 434 g/mol. The third kappa shape index (κ3) is 4.22. The van der Waals surface area contributed by atoms with Gasteiger partial charge in [0.25, 0.3) is 5.91 Å². The average Bonchev–Trinajstić information content (AvgIpc) is 2.74. The summed E-state index contributed by atoms with van der Waals surface area (Å²) >= 11 is 0. The van der Waals surface area contributed by atoms with E-state index in [0.717, 1.165) is 29.6 Å². The Kier molecular flexibility index (Phi) is 5.96. The van der Waals surface area contributed by atoms with Crippen LogP contribution >= 0.6 is 0 Å². The topological polar surface area (TPSA) is 63.0 Å². The molecule has 6 heteroatoms. The summed E-state index contributed by atoms with van der Waals surface area (Å²) in [6, 6.07) is 11.5. The Hall–Kier alpha value is -3.28. The van der Waals surface area contributed by atoms with Crippen molar-refractivity contribution in [2.75, 3.05) is 31.1 Å². The fourth-order valence-corrected chi connectivity index (χ4v) is 4.41. The van der Waals surface area contributed by atoms with Crippen LogP contribution in [0.2, 0.25) is 0 Å². The van der Waals surface area contributed by atoms with E-state index in [-0.39, 0.29) is 5.91 Å². The maximum absolute atomic E-state index is 13.1.